The minimum atomic E-state index is -0.427. The van der Waals surface area contributed by atoms with Crippen LogP contribution >= 0.6 is 0 Å². The van der Waals surface area contributed by atoms with Gasteiger partial charge in [0.25, 0.3) is 0 Å². The van der Waals surface area contributed by atoms with Gasteiger partial charge in [-0.05, 0) is 31.5 Å². The summed E-state index contributed by atoms with van der Waals surface area (Å²) in [7, 11) is 2.86. The highest BCUT2D eigenvalue weighted by Crippen LogP contribution is 2.28. The quantitative estimate of drug-likeness (QED) is 0.768. The molecule has 1 atom stereocenters. The summed E-state index contributed by atoms with van der Waals surface area (Å²) < 4.78 is 17.3. The minimum absolute atomic E-state index is 0.130. The Kier molecular flexibility index (Phi) is 5.16. The Morgan fingerprint density at radius 1 is 1.32 bits per heavy atom. The Bertz CT molecular complexity index is 651. The lowest BCUT2D eigenvalue weighted by atomic mass is 10.1. The van der Waals surface area contributed by atoms with E-state index in [1.807, 2.05) is 26.1 Å². The van der Waals surface area contributed by atoms with Crippen LogP contribution in [0.5, 0.6) is 5.75 Å². The molecule has 0 aliphatic carbocycles. The smallest absolute Gasteiger partial charge is 0.341 e. The molecule has 2 aromatic rings. The van der Waals surface area contributed by atoms with E-state index in [2.05, 4.69) is 5.10 Å². The average Bonchev–Trinajstić information content (AvgIpc) is 3.03. The number of ether oxygens (including phenoxy) is 3. The maximum atomic E-state index is 11.7. The van der Waals surface area contributed by atoms with Crippen LogP contribution < -0.4 is 4.74 Å². The third-order valence-electron chi connectivity index (χ3n) is 3.32. The Labute approximate surface area is 129 Å². The maximum absolute atomic E-state index is 11.7. The third-order valence-corrected chi connectivity index (χ3v) is 3.32. The van der Waals surface area contributed by atoms with Crippen molar-refractivity contribution in [2.75, 3.05) is 20.8 Å². The fourth-order valence-corrected chi connectivity index (χ4v) is 2.15. The Balaban J connectivity index is 2.31. The predicted octanol–water partition coefficient (Wildman–Crippen LogP) is 2.90. The van der Waals surface area contributed by atoms with E-state index in [1.165, 1.54) is 14.2 Å². The lowest BCUT2D eigenvalue weighted by Gasteiger charge is -2.11. The highest BCUT2D eigenvalue weighted by molar-refractivity contribution is 5.93. The summed E-state index contributed by atoms with van der Waals surface area (Å²) in [5.74, 6) is 0.0408. The summed E-state index contributed by atoms with van der Waals surface area (Å²) in [4.78, 5) is 11.7. The summed E-state index contributed by atoms with van der Waals surface area (Å²) in [5, 5.41) is 4.30. The molecule has 0 radical (unpaired) electrons. The molecule has 0 saturated heterocycles. The number of hydrogen-bond donors (Lipinski definition) is 0. The summed E-state index contributed by atoms with van der Waals surface area (Å²) in [6.45, 7) is 4.50. The molecule has 0 aliphatic rings. The molecule has 1 unspecified atom stereocenters. The van der Waals surface area contributed by atoms with Crippen LogP contribution in [0.4, 0.5) is 0 Å². The molecule has 2 rings (SSSR count). The van der Waals surface area contributed by atoms with Crippen LogP contribution in [-0.4, -0.2) is 36.6 Å². The molecular weight excluding hydrogens is 284 g/mol. The first kappa shape index (κ1) is 16.0. The van der Waals surface area contributed by atoms with Crippen molar-refractivity contribution in [3.8, 4) is 16.9 Å². The third kappa shape index (κ3) is 3.28. The van der Waals surface area contributed by atoms with E-state index in [0.29, 0.717) is 17.9 Å². The fraction of sp³-hybridized carbons (Fsp3) is 0.375. The highest BCUT2D eigenvalue weighted by Gasteiger charge is 2.15. The van der Waals surface area contributed by atoms with Crippen LogP contribution in [0, 0.1) is 0 Å². The predicted molar refractivity (Wildman–Crippen MR) is 81.9 cm³/mol. The molecule has 0 bridgehead atoms. The van der Waals surface area contributed by atoms with E-state index >= 15 is 0 Å². The van der Waals surface area contributed by atoms with Crippen molar-refractivity contribution in [2.45, 2.75) is 20.1 Å². The molecular formula is C16H20N2O4. The molecule has 0 aliphatic heterocycles. The standard InChI is InChI=1S/C16H20N2O4/c1-5-22-11(2)18-10-13(9-17-18)12-6-7-14(16(19)21-4)15(8-12)20-3/h6-11H,5H2,1-4H3. The van der Waals surface area contributed by atoms with Crippen molar-refractivity contribution in [1.82, 2.24) is 9.78 Å². The largest absolute Gasteiger partial charge is 0.496 e. The van der Waals surface area contributed by atoms with Gasteiger partial charge in [0.15, 0.2) is 0 Å². The van der Waals surface area contributed by atoms with Gasteiger partial charge in [0.1, 0.15) is 17.5 Å². The van der Waals surface area contributed by atoms with Gasteiger partial charge in [-0.2, -0.15) is 5.10 Å². The fourth-order valence-electron chi connectivity index (χ4n) is 2.15. The summed E-state index contributed by atoms with van der Waals surface area (Å²) in [6.07, 6.45) is 3.52. The molecule has 6 nitrogen and oxygen atoms in total. The molecule has 6 heteroatoms. The number of methoxy groups -OCH3 is 2. The zero-order valence-electron chi connectivity index (χ0n) is 13.2. The number of hydrogen-bond acceptors (Lipinski definition) is 5. The van der Waals surface area contributed by atoms with Crippen LogP contribution in [-0.2, 0) is 9.47 Å². The second kappa shape index (κ2) is 7.09. The number of rotatable bonds is 6. The summed E-state index contributed by atoms with van der Waals surface area (Å²) in [6, 6.07) is 5.31. The Hall–Kier alpha value is -2.34. The van der Waals surface area contributed by atoms with E-state index in [1.54, 1.807) is 23.0 Å². The van der Waals surface area contributed by atoms with Crippen molar-refractivity contribution < 1.29 is 19.0 Å². The molecule has 0 N–H and O–H groups in total. The summed E-state index contributed by atoms with van der Waals surface area (Å²) in [5.41, 5.74) is 2.21. The normalized spacial score (nSPS) is 12.0. The number of carbonyl (C=O) groups excluding carboxylic acids is 1. The number of aromatic nitrogens is 2. The van der Waals surface area contributed by atoms with Crippen molar-refractivity contribution in [3.63, 3.8) is 0 Å². The van der Waals surface area contributed by atoms with E-state index in [-0.39, 0.29) is 6.23 Å². The van der Waals surface area contributed by atoms with E-state index < -0.39 is 5.97 Å². The van der Waals surface area contributed by atoms with E-state index in [9.17, 15) is 4.79 Å². The molecule has 1 heterocycles. The highest BCUT2D eigenvalue weighted by atomic mass is 16.5. The lowest BCUT2D eigenvalue weighted by molar-refractivity contribution is 0.0160. The van der Waals surface area contributed by atoms with Gasteiger partial charge in [-0.25, -0.2) is 9.48 Å². The van der Waals surface area contributed by atoms with Gasteiger partial charge < -0.3 is 14.2 Å². The zero-order valence-corrected chi connectivity index (χ0v) is 13.2. The number of esters is 1. The van der Waals surface area contributed by atoms with Crippen LogP contribution in [0.15, 0.2) is 30.6 Å². The van der Waals surface area contributed by atoms with Gasteiger partial charge in [-0.3, -0.25) is 0 Å². The van der Waals surface area contributed by atoms with Gasteiger partial charge in [0.2, 0.25) is 0 Å². The second-order valence-electron chi connectivity index (χ2n) is 4.67. The van der Waals surface area contributed by atoms with E-state index in [4.69, 9.17) is 14.2 Å². The van der Waals surface area contributed by atoms with Crippen LogP contribution in [0.2, 0.25) is 0 Å². The minimum Gasteiger partial charge on any atom is -0.496 e. The Morgan fingerprint density at radius 3 is 2.73 bits per heavy atom. The van der Waals surface area contributed by atoms with Crippen LogP contribution in [0.3, 0.4) is 0 Å². The first-order valence-electron chi connectivity index (χ1n) is 7.03. The maximum Gasteiger partial charge on any atom is 0.341 e. The SMILES string of the molecule is CCOC(C)n1cc(-c2ccc(C(=O)OC)c(OC)c2)cn1. The topological polar surface area (TPSA) is 62.6 Å². The number of benzene rings is 1. The van der Waals surface area contributed by atoms with Crippen molar-refractivity contribution in [1.29, 1.82) is 0 Å². The van der Waals surface area contributed by atoms with Gasteiger partial charge in [0, 0.05) is 18.4 Å². The van der Waals surface area contributed by atoms with Crippen molar-refractivity contribution in [2.24, 2.45) is 0 Å². The van der Waals surface area contributed by atoms with Crippen LogP contribution in [0.1, 0.15) is 30.4 Å². The zero-order chi connectivity index (χ0) is 16.1. The monoisotopic (exact) mass is 304 g/mol. The molecule has 118 valence electrons. The number of nitrogens with zero attached hydrogens (tertiary/aromatic N) is 2. The van der Waals surface area contributed by atoms with Crippen LogP contribution in [0.25, 0.3) is 11.1 Å². The first-order chi connectivity index (χ1) is 10.6. The summed E-state index contributed by atoms with van der Waals surface area (Å²) >= 11 is 0. The van der Waals surface area contributed by atoms with Gasteiger partial charge in [-0.15, -0.1) is 0 Å². The van der Waals surface area contributed by atoms with E-state index in [0.717, 1.165) is 11.1 Å². The number of carbonyl (C=O) groups is 1. The molecule has 22 heavy (non-hydrogen) atoms. The van der Waals surface area contributed by atoms with Gasteiger partial charge in [-0.1, -0.05) is 6.07 Å². The first-order valence-corrected chi connectivity index (χ1v) is 7.03. The van der Waals surface area contributed by atoms with Gasteiger partial charge >= 0.3 is 5.97 Å². The van der Waals surface area contributed by atoms with Crippen molar-refractivity contribution >= 4 is 5.97 Å². The second-order valence-corrected chi connectivity index (χ2v) is 4.67. The van der Waals surface area contributed by atoms with Crippen molar-refractivity contribution in [3.05, 3.63) is 36.2 Å². The van der Waals surface area contributed by atoms with Gasteiger partial charge in [0.05, 0.1) is 20.4 Å². The molecule has 1 aromatic heterocycles. The molecule has 0 amide bonds. The molecule has 0 saturated carbocycles. The molecule has 0 spiro atoms. The Morgan fingerprint density at radius 2 is 2.09 bits per heavy atom. The average molecular weight is 304 g/mol. The molecule has 1 aromatic carbocycles. The lowest BCUT2D eigenvalue weighted by Crippen LogP contribution is -2.09. The molecule has 0 fully saturated rings.